The summed E-state index contributed by atoms with van der Waals surface area (Å²) in [5.74, 6) is 0. The minimum atomic E-state index is -4.36. The van der Waals surface area contributed by atoms with Crippen molar-refractivity contribution in [2.24, 2.45) is 4.99 Å². The summed E-state index contributed by atoms with van der Waals surface area (Å²) in [6.07, 6.45) is -2.56. The molecule has 0 bridgehead atoms. The van der Waals surface area contributed by atoms with E-state index in [2.05, 4.69) is 18.3 Å². The third-order valence-corrected chi connectivity index (χ3v) is 2.75. The Bertz CT molecular complexity index is 425. The molecule has 0 amide bonds. The molecule has 0 saturated carbocycles. The van der Waals surface area contributed by atoms with E-state index in [9.17, 15) is 13.2 Å². The Morgan fingerprint density at radius 1 is 1.28 bits per heavy atom. The van der Waals surface area contributed by atoms with Gasteiger partial charge >= 0.3 is 6.18 Å². The van der Waals surface area contributed by atoms with Gasteiger partial charge in [0.05, 0.1) is 11.3 Å². The van der Waals surface area contributed by atoms with Crippen molar-refractivity contribution in [3.8, 4) is 0 Å². The average Bonchev–Trinajstić information content (AvgIpc) is 2.38. The number of hydrogen-bond donors (Lipinski definition) is 0. The molecule has 1 nitrogen and oxygen atoms in total. The SMILES string of the molecule is C=Nc1cc(C(F)(F)F)ccc1C(=C)SC.CC. The van der Waals surface area contributed by atoms with Crippen molar-refractivity contribution in [1.82, 2.24) is 0 Å². The Balaban J connectivity index is 0.00000137. The Labute approximate surface area is 110 Å². The normalized spacial score (nSPS) is 10.3. The maximum Gasteiger partial charge on any atom is 0.416 e. The van der Waals surface area contributed by atoms with E-state index < -0.39 is 11.7 Å². The number of halogens is 3. The Hall–Kier alpha value is -1.23. The third-order valence-electron chi connectivity index (χ3n) is 2.04. The molecule has 0 radical (unpaired) electrons. The molecule has 0 aliphatic heterocycles. The summed E-state index contributed by atoms with van der Waals surface area (Å²) < 4.78 is 37.3. The molecule has 5 heteroatoms. The molecule has 0 saturated heterocycles. The lowest BCUT2D eigenvalue weighted by atomic mass is 10.1. The van der Waals surface area contributed by atoms with Crippen LogP contribution in [0.4, 0.5) is 18.9 Å². The average molecular weight is 275 g/mol. The van der Waals surface area contributed by atoms with Gasteiger partial charge in [-0.15, -0.1) is 11.8 Å². The van der Waals surface area contributed by atoms with Crippen LogP contribution in [0.2, 0.25) is 0 Å². The number of rotatable bonds is 3. The van der Waals surface area contributed by atoms with E-state index in [-0.39, 0.29) is 5.69 Å². The van der Waals surface area contributed by atoms with Crippen LogP contribution in [0.25, 0.3) is 4.91 Å². The first-order valence-corrected chi connectivity index (χ1v) is 6.54. The van der Waals surface area contributed by atoms with E-state index in [4.69, 9.17) is 0 Å². The molecule has 1 aromatic rings. The molecule has 1 rings (SSSR count). The molecule has 18 heavy (non-hydrogen) atoms. The first kappa shape index (κ1) is 16.8. The maximum atomic E-state index is 12.4. The summed E-state index contributed by atoms with van der Waals surface area (Å²) in [5.41, 5.74) is 0.0530. The van der Waals surface area contributed by atoms with Crippen molar-refractivity contribution < 1.29 is 13.2 Å². The molecule has 0 N–H and O–H groups in total. The predicted molar refractivity (Wildman–Crippen MR) is 74.6 cm³/mol. The van der Waals surface area contributed by atoms with Gasteiger partial charge in [0.1, 0.15) is 0 Å². The fraction of sp³-hybridized carbons (Fsp3) is 0.308. The van der Waals surface area contributed by atoms with Gasteiger partial charge in [0, 0.05) is 10.5 Å². The van der Waals surface area contributed by atoms with Crippen LogP contribution in [0, 0.1) is 0 Å². The van der Waals surface area contributed by atoms with Crippen molar-refractivity contribution in [3.63, 3.8) is 0 Å². The zero-order valence-corrected chi connectivity index (χ0v) is 11.5. The summed E-state index contributed by atoms with van der Waals surface area (Å²) >= 11 is 1.36. The minimum absolute atomic E-state index is 0.203. The number of hydrogen-bond acceptors (Lipinski definition) is 2. The molecule has 0 aromatic heterocycles. The lowest BCUT2D eigenvalue weighted by molar-refractivity contribution is -0.137. The zero-order valence-electron chi connectivity index (χ0n) is 10.6. The third kappa shape index (κ3) is 4.22. The van der Waals surface area contributed by atoms with Gasteiger partial charge in [0.2, 0.25) is 0 Å². The number of benzene rings is 1. The number of alkyl halides is 3. The zero-order chi connectivity index (χ0) is 14.3. The summed E-state index contributed by atoms with van der Waals surface area (Å²) in [5, 5.41) is 0. The Morgan fingerprint density at radius 2 is 1.83 bits per heavy atom. The number of aliphatic imine (C=N–C) groups is 1. The van der Waals surface area contributed by atoms with E-state index >= 15 is 0 Å². The summed E-state index contributed by atoms with van der Waals surface area (Å²) in [6, 6.07) is 3.36. The second-order valence-corrected chi connectivity index (χ2v) is 3.92. The highest BCUT2D eigenvalue weighted by Crippen LogP contribution is 2.37. The van der Waals surface area contributed by atoms with Gasteiger partial charge in [0.15, 0.2) is 0 Å². The van der Waals surface area contributed by atoms with Crippen LogP contribution in [0.15, 0.2) is 29.8 Å². The van der Waals surface area contributed by atoms with E-state index in [0.29, 0.717) is 10.5 Å². The van der Waals surface area contributed by atoms with Crippen LogP contribution in [0.1, 0.15) is 25.0 Å². The van der Waals surface area contributed by atoms with Crippen LogP contribution >= 0.6 is 11.8 Å². The van der Waals surface area contributed by atoms with Gasteiger partial charge in [-0.25, -0.2) is 0 Å². The monoisotopic (exact) mass is 275 g/mol. The van der Waals surface area contributed by atoms with Crippen molar-refractivity contribution in [2.45, 2.75) is 20.0 Å². The van der Waals surface area contributed by atoms with Gasteiger partial charge in [-0.05, 0) is 25.1 Å². The van der Waals surface area contributed by atoms with Crippen molar-refractivity contribution in [1.29, 1.82) is 0 Å². The van der Waals surface area contributed by atoms with Crippen LogP contribution in [-0.4, -0.2) is 13.0 Å². The second kappa shape index (κ2) is 7.26. The molecule has 0 spiro atoms. The number of nitrogens with zero attached hydrogens (tertiary/aromatic N) is 1. The predicted octanol–water partition coefficient (Wildman–Crippen LogP) is 5.40. The largest absolute Gasteiger partial charge is 0.416 e. The topological polar surface area (TPSA) is 12.4 Å². The lowest BCUT2D eigenvalue weighted by Crippen LogP contribution is -2.04. The van der Waals surface area contributed by atoms with Gasteiger partial charge in [-0.1, -0.05) is 26.5 Å². The van der Waals surface area contributed by atoms with Crippen LogP contribution in [-0.2, 0) is 6.18 Å². The molecule has 0 unspecified atom stereocenters. The summed E-state index contributed by atoms with van der Waals surface area (Å²) in [6.45, 7) is 11.0. The van der Waals surface area contributed by atoms with Crippen LogP contribution in [0.5, 0.6) is 0 Å². The molecule has 0 aliphatic carbocycles. The molecule has 0 atom stereocenters. The van der Waals surface area contributed by atoms with Crippen molar-refractivity contribution in [3.05, 3.63) is 35.9 Å². The van der Waals surface area contributed by atoms with Gasteiger partial charge in [-0.2, -0.15) is 13.2 Å². The quantitative estimate of drug-likeness (QED) is 0.673. The van der Waals surface area contributed by atoms with Crippen LogP contribution in [0.3, 0.4) is 0 Å². The van der Waals surface area contributed by atoms with E-state index in [1.165, 1.54) is 17.8 Å². The molecule has 100 valence electrons. The van der Waals surface area contributed by atoms with E-state index in [1.807, 2.05) is 13.8 Å². The Kier molecular flexibility index (Phi) is 6.76. The molecule has 0 heterocycles. The fourth-order valence-corrected chi connectivity index (χ4v) is 1.58. The smallest absolute Gasteiger partial charge is 0.264 e. The molecular weight excluding hydrogens is 259 g/mol. The number of thioether (sulfide) groups is 1. The first-order chi connectivity index (χ1) is 8.40. The van der Waals surface area contributed by atoms with Crippen LogP contribution < -0.4 is 0 Å². The maximum absolute atomic E-state index is 12.4. The highest BCUT2D eigenvalue weighted by atomic mass is 32.2. The van der Waals surface area contributed by atoms with Gasteiger partial charge < -0.3 is 0 Å². The summed E-state index contributed by atoms with van der Waals surface area (Å²) in [4.78, 5) is 4.25. The standard InChI is InChI=1S/C11H10F3NS.C2H6/c1-7(16-3)9-5-4-8(11(12,13)14)6-10(9)15-2;1-2/h4-6H,1-2H2,3H3;1-2H3. The molecule has 1 aromatic carbocycles. The van der Waals surface area contributed by atoms with Crippen molar-refractivity contribution >= 4 is 29.1 Å². The first-order valence-electron chi connectivity index (χ1n) is 5.31. The minimum Gasteiger partial charge on any atom is -0.264 e. The molecule has 0 aliphatic rings. The second-order valence-electron chi connectivity index (χ2n) is 3.02. The van der Waals surface area contributed by atoms with E-state index in [1.54, 1.807) is 6.26 Å². The van der Waals surface area contributed by atoms with Gasteiger partial charge in [-0.3, -0.25) is 4.99 Å². The molecule has 0 fully saturated rings. The Morgan fingerprint density at radius 3 is 2.22 bits per heavy atom. The highest BCUT2D eigenvalue weighted by Gasteiger charge is 2.31. The highest BCUT2D eigenvalue weighted by molar-refractivity contribution is 8.07. The van der Waals surface area contributed by atoms with E-state index in [0.717, 1.165) is 12.1 Å². The van der Waals surface area contributed by atoms with Crippen molar-refractivity contribution in [2.75, 3.05) is 6.26 Å². The lowest BCUT2D eigenvalue weighted by Gasteiger charge is -2.11. The summed E-state index contributed by atoms with van der Waals surface area (Å²) in [7, 11) is 0. The molecular formula is C13H16F3NS. The fourth-order valence-electron chi connectivity index (χ4n) is 1.18. The van der Waals surface area contributed by atoms with Gasteiger partial charge in [0.25, 0.3) is 0 Å².